The lowest BCUT2D eigenvalue weighted by Gasteiger charge is -2.19. The van der Waals surface area contributed by atoms with Crippen molar-refractivity contribution in [3.8, 4) is 0 Å². The molecule has 17 heavy (non-hydrogen) atoms. The zero-order chi connectivity index (χ0) is 11.8. The second-order valence-corrected chi connectivity index (χ2v) is 4.59. The fourth-order valence-electron chi connectivity index (χ4n) is 2.08. The van der Waals surface area contributed by atoms with E-state index in [0.29, 0.717) is 10.8 Å². The van der Waals surface area contributed by atoms with Crippen LogP contribution in [0.25, 0.3) is 0 Å². The Bertz CT molecular complexity index is 571. The SMILES string of the molecule is Clc1ncc(Cl)c(N2CCc3ccccc32)n1. The summed E-state index contributed by atoms with van der Waals surface area (Å²) in [5.41, 5.74) is 2.45. The Morgan fingerprint density at radius 2 is 2.00 bits per heavy atom. The Hall–Kier alpha value is -1.32. The van der Waals surface area contributed by atoms with Gasteiger partial charge >= 0.3 is 0 Å². The van der Waals surface area contributed by atoms with Gasteiger partial charge in [0.05, 0.1) is 6.20 Å². The highest BCUT2D eigenvalue weighted by atomic mass is 35.5. The molecule has 0 spiro atoms. The van der Waals surface area contributed by atoms with Crippen LogP contribution in [0.4, 0.5) is 11.5 Å². The molecule has 1 aromatic carbocycles. The number of aromatic nitrogens is 2. The molecule has 2 heterocycles. The Morgan fingerprint density at radius 3 is 2.88 bits per heavy atom. The van der Waals surface area contributed by atoms with Gasteiger partial charge in [-0.15, -0.1) is 0 Å². The molecule has 2 aromatic rings. The van der Waals surface area contributed by atoms with E-state index in [1.165, 1.54) is 11.8 Å². The number of benzene rings is 1. The molecule has 0 aliphatic carbocycles. The van der Waals surface area contributed by atoms with E-state index in [1.54, 1.807) is 0 Å². The Morgan fingerprint density at radius 1 is 1.18 bits per heavy atom. The first-order chi connectivity index (χ1) is 8.25. The van der Waals surface area contributed by atoms with E-state index >= 15 is 0 Å². The lowest BCUT2D eigenvalue weighted by molar-refractivity contribution is 0.964. The maximum absolute atomic E-state index is 6.12. The average Bonchev–Trinajstić information content (AvgIpc) is 2.76. The number of fused-ring (bicyclic) bond motifs is 1. The van der Waals surface area contributed by atoms with Crippen LogP contribution < -0.4 is 4.90 Å². The van der Waals surface area contributed by atoms with Crippen molar-refractivity contribution < 1.29 is 0 Å². The zero-order valence-electron chi connectivity index (χ0n) is 8.90. The number of halogens is 2. The van der Waals surface area contributed by atoms with Gasteiger partial charge in [-0.05, 0) is 29.7 Å². The van der Waals surface area contributed by atoms with Crippen LogP contribution in [0.2, 0.25) is 10.3 Å². The number of para-hydroxylation sites is 1. The van der Waals surface area contributed by atoms with Crippen LogP contribution in [0.15, 0.2) is 30.5 Å². The molecule has 3 nitrogen and oxygen atoms in total. The molecule has 1 aliphatic heterocycles. The van der Waals surface area contributed by atoms with Crippen LogP contribution >= 0.6 is 23.2 Å². The van der Waals surface area contributed by atoms with Gasteiger partial charge < -0.3 is 4.90 Å². The summed E-state index contributed by atoms with van der Waals surface area (Å²) in [7, 11) is 0. The monoisotopic (exact) mass is 265 g/mol. The molecule has 1 aliphatic rings. The van der Waals surface area contributed by atoms with Gasteiger partial charge in [-0.3, -0.25) is 0 Å². The van der Waals surface area contributed by atoms with Crippen molar-refractivity contribution >= 4 is 34.7 Å². The minimum Gasteiger partial charge on any atom is -0.324 e. The highest BCUT2D eigenvalue weighted by molar-refractivity contribution is 6.33. The number of hydrogen-bond donors (Lipinski definition) is 0. The lowest BCUT2D eigenvalue weighted by atomic mass is 10.2. The van der Waals surface area contributed by atoms with Gasteiger partial charge in [-0.1, -0.05) is 29.8 Å². The second-order valence-electron chi connectivity index (χ2n) is 3.84. The largest absolute Gasteiger partial charge is 0.324 e. The molecule has 1 aromatic heterocycles. The van der Waals surface area contributed by atoms with Crippen LogP contribution in [0.5, 0.6) is 0 Å². The molecule has 0 saturated carbocycles. The predicted molar refractivity (Wildman–Crippen MR) is 69.2 cm³/mol. The fourth-order valence-corrected chi connectivity index (χ4v) is 2.41. The molecule has 0 amide bonds. The lowest BCUT2D eigenvalue weighted by Crippen LogP contribution is -2.15. The molecule has 0 atom stereocenters. The van der Waals surface area contributed by atoms with Crippen LogP contribution in [-0.2, 0) is 6.42 Å². The van der Waals surface area contributed by atoms with Gasteiger partial charge in [-0.25, -0.2) is 4.98 Å². The van der Waals surface area contributed by atoms with E-state index in [2.05, 4.69) is 27.0 Å². The third-order valence-electron chi connectivity index (χ3n) is 2.84. The first kappa shape index (κ1) is 10.8. The van der Waals surface area contributed by atoms with E-state index in [0.717, 1.165) is 18.7 Å². The van der Waals surface area contributed by atoms with E-state index in [-0.39, 0.29) is 5.28 Å². The fraction of sp³-hybridized carbons (Fsp3) is 0.167. The number of anilines is 2. The van der Waals surface area contributed by atoms with Gasteiger partial charge in [0.1, 0.15) is 5.02 Å². The topological polar surface area (TPSA) is 29.0 Å². The van der Waals surface area contributed by atoms with E-state index in [1.807, 2.05) is 12.1 Å². The summed E-state index contributed by atoms with van der Waals surface area (Å²) < 4.78 is 0. The molecule has 0 bridgehead atoms. The molecule has 0 radical (unpaired) electrons. The molecule has 0 fully saturated rings. The second kappa shape index (κ2) is 4.17. The third-order valence-corrected chi connectivity index (χ3v) is 3.29. The van der Waals surface area contributed by atoms with Gasteiger partial charge in [0.25, 0.3) is 0 Å². The summed E-state index contributed by atoms with van der Waals surface area (Å²) in [6.45, 7) is 0.867. The normalized spacial score (nSPS) is 13.9. The molecule has 0 unspecified atom stereocenters. The third kappa shape index (κ3) is 1.85. The van der Waals surface area contributed by atoms with Gasteiger partial charge in [-0.2, -0.15) is 4.98 Å². The van der Waals surface area contributed by atoms with E-state index < -0.39 is 0 Å². The summed E-state index contributed by atoms with van der Waals surface area (Å²) in [5.74, 6) is 0.677. The maximum Gasteiger partial charge on any atom is 0.224 e. The van der Waals surface area contributed by atoms with E-state index in [9.17, 15) is 0 Å². The summed E-state index contributed by atoms with van der Waals surface area (Å²) in [5, 5.41) is 0.736. The molecule has 86 valence electrons. The predicted octanol–water partition coefficient (Wildman–Crippen LogP) is 3.48. The van der Waals surface area contributed by atoms with Crippen molar-refractivity contribution in [1.29, 1.82) is 0 Å². The van der Waals surface area contributed by atoms with E-state index in [4.69, 9.17) is 23.2 Å². The summed E-state index contributed by atoms with van der Waals surface area (Å²) in [6, 6.07) is 8.23. The standard InChI is InChI=1S/C12H9Cl2N3/c13-9-7-15-12(14)16-11(9)17-6-5-8-3-1-2-4-10(8)17/h1-4,7H,5-6H2. The highest BCUT2D eigenvalue weighted by Gasteiger charge is 2.23. The van der Waals surface area contributed by atoms with Gasteiger partial charge in [0.15, 0.2) is 5.82 Å². The van der Waals surface area contributed by atoms with Crippen molar-refractivity contribution in [1.82, 2.24) is 9.97 Å². The first-order valence-electron chi connectivity index (χ1n) is 5.29. The summed E-state index contributed by atoms with van der Waals surface area (Å²) >= 11 is 11.9. The quantitative estimate of drug-likeness (QED) is 0.740. The molecular formula is C12H9Cl2N3. The first-order valence-corrected chi connectivity index (χ1v) is 6.05. The van der Waals surface area contributed by atoms with Crippen molar-refractivity contribution in [3.63, 3.8) is 0 Å². The van der Waals surface area contributed by atoms with Crippen LogP contribution in [0.3, 0.4) is 0 Å². The Kier molecular flexibility index (Phi) is 2.65. The van der Waals surface area contributed by atoms with Gasteiger partial charge in [0, 0.05) is 12.2 Å². The number of rotatable bonds is 1. The molecule has 5 heteroatoms. The zero-order valence-corrected chi connectivity index (χ0v) is 10.4. The summed E-state index contributed by atoms with van der Waals surface area (Å²) in [4.78, 5) is 10.1. The van der Waals surface area contributed by atoms with Crippen molar-refractivity contribution in [3.05, 3.63) is 46.3 Å². The number of nitrogens with zero attached hydrogens (tertiary/aromatic N) is 3. The van der Waals surface area contributed by atoms with Crippen LogP contribution in [0.1, 0.15) is 5.56 Å². The van der Waals surface area contributed by atoms with Crippen molar-refractivity contribution in [2.24, 2.45) is 0 Å². The highest BCUT2D eigenvalue weighted by Crippen LogP contribution is 2.36. The Balaban J connectivity index is 2.10. The van der Waals surface area contributed by atoms with Crippen LogP contribution in [-0.4, -0.2) is 16.5 Å². The van der Waals surface area contributed by atoms with Crippen LogP contribution in [0, 0.1) is 0 Å². The van der Waals surface area contributed by atoms with Crippen molar-refractivity contribution in [2.75, 3.05) is 11.4 Å². The minimum absolute atomic E-state index is 0.216. The number of hydrogen-bond acceptors (Lipinski definition) is 3. The maximum atomic E-state index is 6.12. The Labute approximate surface area is 109 Å². The average molecular weight is 266 g/mol. The molecular weight excluding hydrogens is 257 g/mol. The smallest absolute Gasteiger partial charge is 0.224 e. The summed E-state index contributed by atoms with van der Waals surface area (Å²) in [6.07, 6.45) is 2.53. The molecule has 0 saturated heterocycles. The van der Waals surface area contributed by atoms with Gasteiger partial charge in [0.2, 0.25) is 5.28 Å². The van der Waals surface area contributed by atoms with Crippen molar-refractivity contribution in [2.45, 2.75) is 6.42 Å². The minimum atomic E-state index is 0.216. The molecule has 3 rings (SSSR count). The molecule has 0 N–H and O–H groups in total.